The fourth-order valence-electron chi connectivity index (χ4n) is 8.72. The maximum Gasteiger partial charge on any atom is 0.185 e. The average molecular weight is 1410 g/mol. The Labute approximate surface area is 618 Å². The van der Waals surface area contributed by atoms with Crippen LogP contribution in [0, 0.1) is 71.0 Å². The molecule has 0 radical (unpaired) electrons. The first kappa shape index (κ1) is 113. The summed E-state index contributed by atoms with van der Waals surface area (Å²) in [7, 11) is 0. The number of ether oxygens (including phenoxy) is 4. The van der Waals surface area contributed by atoms with Gasteiger partial charge in [0.05, 0.1) is 25.9 Å². The molecule has 9 heterocycles. The van der Waals surface area contributed by atoms with E-state index in [-0.39, 0.29) is 0 Å². The molecule has 0 aliphatic carbocycles. The molecule has 9 rings (SSSR count). The third kappa shape index (κ3) is 73.0. The second-order valence-corrected chi connectivity index (χ2v) is 25.2. The van der Waals surface area contributed by atoms with E-state index >= 15 is 0 Å². The number of aliphatic imine (C=N–C) groups is 5. The van der Waals surface area contributed by atoms with E-state index in [0.29, 0.717) is 77.6 Å². The largest absolute Gasteiger partial charge is 0.483 e. The van der Waals surface area contributed by atoms with E-state index in [0.717, 1.165) is 128 Å². The van der Waals surface area contributed by atoms with Crippen molar-refractivity contribution in [2.45, 2.75) is 351 Å². The van der Waals surface area contributed by atoms with Crippen molar-refractivity contribution >= 4 is 55.7 Å². The zero-order valence-electron chi connectivity index (χ0n) is 72.7. The normalized spacial score (nSPS) is 20.9. The van der Waals surface area contributed by atoms with Gasteiger partial charge in [-0.05, 0) is 111 Å². The van der Waals surface area contributed by atoms with Gasteiger partial charge in [0.25, 0.3) is 0 Å². The zero-order valence-corrected chi connectivity index (χ0v) is 72.7. The van der Waals surface area contributed by atoms with Crippen molar-refractivity contribution in [2.75, 3.05) is 59.1 Å². The Morgan fingerprint density at radius 2 is 1.05 bits per heavy atom. The van der Waals surface area contributed by atoms with Crippen LogP contribution < -0.4 is 16.3 Å². The Morgan fingerprint density at radius 1 is 0.455 bits per heavy atom. The maximum atomic E-state index is 5.29. The zero-order chi connectivity index (χ0) is 78.2. The third-order valence-electron chi connectivity index (χ3n) is 15.1. The molecule has 0 spiro atoms. The van der Waals surface area contributed by atoms with Crippen molar-refractivity contribution in [3.8, 4) is 0 Å². The molecule has 17 heteroatoms. The van der Waals surface area contributed by atoms with Gasteiger partial charge in [-0.2, -0.15) is 15.3 Å². The van der Waals surface area contributed by atoms with Crippen molar-refractivity contribution in [1.29, 1.82) is 0 Å². The lowest BCUT2D eigenvalue weighted by atomic mass is 9.93. The van der Waals surface area contributed by atoms with Crippen LogP contribution in [0.5, 0.6) is 0 Å². The van der Waals surface area contributed by atoms with Crippen LogP contribution in [0.2, 0.25) is 0 Å². The van der Waals surface area contributed by atoms with Crippen LogP contribution in [0.1, 0.15) is 326 Å². The summed E-state index contributed by atoms with van der Waals surface area (Å²) in [5.74, 6) is 9.02. The molecule has 0 amide bonds. The van der Waals surface area contributed by atoms with Crippen molar-refractivity contribution in [3.63, 3.8) is 0 Å². The van der Waals surface area contributed by atoms with Gasteiger partial charge in [-0.1, -0.05) is 254 Å². The van der Waals surface area contributed by atoms with Crippen molar-refractivity contribution in [3.05, 3.63) is 0 Å². The van der Waals surface area contributed by atoms with Crippen LogP contribution in [-0.4, -0.2) is 139 Å². The highest BCUT2D eigenvalue weighted by Crippen LogP contribution is 2.19. The molecule has 0 saturated carbocycles. The van der Waals surface area contributed by atoms with E-state index in [1.165, 1.54) is 37.8 Å². The minimum absolute atomic E-state index is 0.356. The summed E-state index contributed by atoms with van der Waals surface area (Å²) in [5, 5.41) is 15.7. The lowest BCUT2D eigenvalue weighted by Crippen LogP contribution is -2.32. The molecule has 0 aromatic carbocycles. The second-order valence-electron chi connectivity index (χ2n) is 25.2. The first-order chi connectivity index (χ1) is 47.7. The van der Waals surface area contributed by atoms with Gasteiger partial charge in [0, 0.05) is 113 Å². The van der Waals surface area contributed by atoms with Gasteiger partial charge in [0.15, 0.2) is 25.1 Å². The second kappa shape index (κ2) is 89.5. The lowest BCUT2D eigenvalue weighted by Gasteiger charge is -2.22. The van der Waals surface area contributed by atoms with Gasteiger partial charge >= 0.3 is 0 Å². The fourth-order valence-corrected chi connectivity index (χ4v) is 8.72. The van der Waals surface area contributed by atoms with E-state index in [9.17, 15) is 0 Å². The van der Waals surface area contributed by atoms with Gasteiger partial charge in [0.2, 0.25) is 0 Å². The van der Waals surface area contributed by atoms with Crippen LogP contribution >= 0.6 is 0 Å². The topological polar surface area (TPSA) is 193 Å². The molecule has 9 aliphatic heterocycles. The standard InChI is InChI=1S/C8H15N.3C7H14N2.5C7H13NO.9C2H6/c1-7(2)8-5-3-4-6-9-8;2*1-6(2)7-3-4-8-9-5-7;1-6(2)7-4-3-5-8-9-7;1-6(2)7-3-8-5-9-4-7;1-6(2)7-3-4-9-5-8-7;1-6(2)7-3-4-8-5-9-7;1-6(2)7-8-4-3-5-9-7;1-6(2)7-4-3-5-8-9-7;9*1-2/h7H,3-6H2,1-2H3;5-8H,3-4H2,1-2H3;4,6-7,9H,3,5H2,1-2H3;5-7,9H,3-4H2,1-2H3;3*5-7H,3-4H2,1-2H3;6H,3-5H2,1-2H3;5-7H,3-4H2,1-2H3;9*1-2H3. The fraction of sp³-hybridized carbons (Fsp3) is 0.890. The number of nitrogens with zero attached hydrogens (tertiary/aromatic N) is 9. The Bertz CT molecular complexity index is 1590. The lowest BCUT2D eigenvalue weighted by molar-refractivity contribution is 0.0146. The molecule has 7 atom stereocenters. The van der Waals surface area contributed by atoms with Gasteiger partial charge in [0.1, 0.15) is 12.2 Å². The Kier molecular flexibility index (Phi) is 102. The molecule has 99 heavy (non-hydrogen) atoms. The predicted molar refractivity (Wildman–Crippen MR) is 450 cm³/mol. The average Bonchev–Trinajstić information content (AvgIpc) is 3.85. The van der Waals surface area contributed by atoms with Gasteiger partial charge < -0.3 is 40.1 Å². The number of rotatable bonds is 9. The molecule has 0 fully saturated rings. The predicted octanol–water partition coefficient (Wildman–Crippen LogP) is 22.9. The molecule has 9 aliphatic rings. The maximum absolute atomic E-state index is 5.29. The molecule has 594 valence electrons. The van der Waals surface area contributed by atoms with Crippen molar-refractivity contribution in [2.24, 2.45) is 116 Å². The Hall–Kier alpha value is -4.57. The first-order valence-electron chi connectivity index (χ1n) is 40.8. The highest BCUT2D eigenvalue weighted by Gasteiger charge is 2.19. The third-order valence-corrected chi connectivity index (χ3v) is 15.1. The smallest absolute Gasteiger partial charge is 0.185 e. The summed E-state index contributed by atoms with van der Waals surface area (Å²) in [4.78, 5) is 26.0. The number of oxime groups is 1. The summed E-state index contributed by atoms with van der Waals surface area (Å²) in [6, 6.07) is 1.11. The summed E-state index contributed by atoms with van der Waals surface area (Å²) in [5.41, 5.74) is 10.4. The van der Waals surface area contributed by atoms with Crippen LogP contribution in [0.15, 0.2) is 45.4 Å². The summed E-state index contributed by atoms with van der Waals surface area (Å²) in [6.07, 6.45) is 27.3. The van der Waals surface area contributed by atoms with E-state index in [2.05, 4.69) is 186 Å². The molecular formula is C82H176N12O5. The van der Waals surface area contributed by atoms with Gasteiger partial charge in [-0.3, -0.25) is 25.0 Å². The summed E-state index contributed by atoms with van der Waals surface area (Å²) in [6.45, 7) is 84.1. The minimum atomic E-state index is 0.356. The number of nitrogens with one attached hydrogen (secondary N) is 3. The minimum Gasteiger partial charge on any atom is -0.483 e. The highest BCUT2D eigenvalue weighted by atomic mass is 16.6. The van der Waals surface area contributed by atoms with Crippen LogP contribution in [0.3, 0.4) is 0 Å². The van der Waals surface area contributed by atoms with Crippen LogP contribution in [0.25, 0.3) is 0 Å². The molecule has 0 saturated heterocycles. The molecule has 3 N–H and O–H groups in total. The molecule has 17 nitrogen and oxygen atoms in total. The van der Waals surface area contributed by atoms with Crippen molar-refractivity contribution in [1.82, 2.24) is 16.3 Å². The van der Waals surface area contributed by atoms with Crippen molar-refractivity contribution < 1.29 is 23.8 Å². The van der Waals surface area contributed by atoms with E-state index in [1.807, 2.05) is 149 Å². The molecule has 0 bridgehead atoms. The number of hydrogen-bond acceptors (Lipinski definition) is 17. The highest BCUT2D eigenvalue weighted by molar-refractivity contribution is 5.86. The monoisotopic (exact) mass is 1410 g/mol. The SMILES string of the molecule is CC.CC.CC.CC.CC.CC.CC.CC.CC.CC(C)C1=NCCCC1.CC(C)C1=NCCCO1.CC(C)C1C=NNCC1.CC(C)C1CC=NNC1.CC(C)C1CCC=NN1.CC(C)C1CCC=NO1.CC(C)C1CCN=CO1.CC(C)C1CCOC=N1.CC(C)C1CN=COC1. The van der Waals surface area contributed by atoms with Crippen LogP contribution in [0.4, 0.5) is 0 Å². The Balaban J connectivity index is -0.000000128. The Morgan fingerprint density at radius 3 is 1.32 bits per heavy atom. The molecule has 0 aromatic heterocycles. The first-order valence-corrected chi connectivity index (χ1v) is 40.8. The molecular weight excluding hydrogens is 1230 g/mol. The van der Waals surface area contributed by atoms with E-state index in [4.69, 9.17) is 23.8 Å². The van der Waals surface area contributed by atoms with Crippen LogP contribution in [-0.2, 0) is 23.8 Å². The quantitative estimate of drug-likeness (QED) is 0.203. The van der Waals surface area contributed by atoms with E-state index in [1.54, 1.807) is 19.2 Å². The van der Waals surface area contributed by atoms with Gasteiger partial charge in [-0.25, -0.2) is 0 Å². The van der Waals surface area contributed by atoms with Gasteiger partial charge in [-0.15, -0.1) is 0 Å². The number of hydrazone groups is 3. The number of hydrogen-bond donors (Lipinski definition) is 3. The molecule has 0 aromatic rings. The van der Waals surface area contributed by atoms with E-state index < -0.39 is 0 Å². The summed E-state index contributed by atoms with van der Waals surface area (Å²) < 4.78 is 20.5. The summed E-state index contributed by atoms with van der Waals surface area (Å²) >= 11 is 0. The molecule has 7 unspecified atom stereocenters.